The van der Waals surface area contributed by atoms with Crippen molar-refractivity contribution in [2.24, 2.45) is 0 Å². The zero-order valence-corrected chi connectivity index (χ0v) is 12.9. The van der Waals surface area contributed by atoms with Crippen LogP contribution in [-0.2, 0) is 16.0 Å². The van der Waals surface area contributed by atoms with Gasteiger partial charge in [-0.3, -0.25) is 4.79 Å². The van der Waals surface area contributed by atoms with Crippen molar-refractivity contribution in [3.63, 3.8) is 0 Å². The van der Waals surface area contributed by atoms with Gasteiger partial charge in [0.05, 0.1) is 7.11 Å². The van der Waals surface area contributed by atoms with Crippen LogP contribution in [0.15, 0.2) is 18.2 Å². The molecule has 0 spiro atoms. The topological polar surface area (TPSA) is 26.3 Å². The van der Waals surface area contributed by atoms with Gasteiger partial charge >= 0.3 is 5.97 Å². The summed E-state index contributed by atoms with van der Waals surface area (Å²) in [4.78, 5) is 11.3. The maximum atomic E-state index is 11.3. The Morgan fingerprint density at radius 3 is 2.78 bits per heavy atom. The molecule has 98 valence electrons. The molecule has 1 aliphatic rings. The molecular formula is C15H19IO2. The van der Waals surface area contributed by atoms with Crippen LogP contribution >= 0.6 is 22.6 Å². The molecule has 0 saturated heterocycles. The third-order valence-electron chi connectivity index (χ3n) is 3.73. The second-order valence-electron chi connectivity index (χ2n) is 4.87. The lowest BCUT2D eigenvalue weighted by molar-refractivity contribution is -0.140. The van der Waals surface area contributed by atoms with Gasteiger partial charge in [0.2, 0.25) is 0 Å². The van der Waals surface area contributed by atoms with E-state index in [-0.39, 0.29) is 5.97 Å². The zero-order chi connectivity index (χ0) is 13.0. The van der Waals surface area contributed by atoms with E-state index in [1.165, 1.54) is 47.5 Å². The summed E-state index contributed by atoms with van der Waals surface area (Å²) in [7, 11) is 1.45. The number of aryl methyl sites for hydroxylation is 1. The van der Waals surface area contributed by atoms with Crippen LogP contribution in [0.25, 0.3) is 0 Å². The summed E-state index contributed by atoms with van der Waals surface area (Å²) in [6.45, 7) is 0. The first-order valence-electron chi connectivity index (χ1n) is 6.56. The van der Waals surface area contributed by atoms with Gasteiger partial charge in [0, 0.05) is 9.99 Å². The largest absolute Gasteiger partial charge is 0.469 e. The standard InChI is InChI=1S/C15H19IO2/c1-18-14(17)10-9-12-7-4-8-13(16)15(12)11-5-2-3-6-11/h4,7-8,11H,2-3,5-6,9-10H2,1H3. The lowest BCUT2D eigenvalue weighted by atomic mass is 9.91. The minimum atomic E-state index is -0.119. The third kappa shape index (κ3) is 3.25. The van der Waals surface area contributed by atoms with Gasteiger partial charge in [-0.1, -0.05) is 25.0 Å². The first kappa shape index (κ1) is 13.8. The van der Waals surface area contributed by atoms with E-state index in [9.17, 15) is 4.79 Å². The Kier molecular flexibility index (Phi) is 5.03. The van der Waals surface area contributed by atoms with Gasteiger partial charge in [-0.2, -0.15) is 0 Å². The highest BCUT2D eigenvalue weighted by Crippen LogP contribution is 2.38. The van der Waals surface area contributed by atoms with Crippen LogP contribution in [0.1, 0.15) is 49.1 Å². The second kappa shape index (κ2) is 6.55. The molecule has 3 heteroatoms. The summed E-state index contributed by atoms with van der Waals surface area (Å²) in [5.74, 6) is 0.581. The van der Waals surface area contributed by atoms with Gasteiger partial charge in [0.1, 0.15) is 0 Å². The van der Waals surface area contributed by atoms with Gasteiger partial charge in [0.15, 0.2) is 0 Å². The number of hydrogen-bond donors (Lipinski definition) is 0. The van der Waals surface area contributed by atoms with E-state index < -0.39 is 0 Å². The highest BCUT2D eigenvalue weighted by molar-refractivity contribution is 14.1. The molecule has 0 heterocycles. The first-order chi connectivity index (χ1) is 8.72. The summed E-state index contributed by atoms with van der Waals surface area (Å²) >= 11 is 2.43. The fourth-order valence-corrected chi connectivity index (χ4v) is 3.80. The Morgan fingerprint density at radius 2 is 2.11 bits per heavy atom. The molecule has 1 saturated carbocycles. The van der Waals surface area contributed by atoms with Crippen molar-refractivity contribution in [3.05, 3.63) is 32.9 Å². The van der Waals surface area contributed by atoms with Crippen molar-refractivity contribution in [2.45, 2.75) is 44.4 Å². The van der Waals surface area contributed by atoms with Crippen molar-refractivity contribution >= 4 is 28.6 Å². The fraction of sp³-hybridized carbons (Fsp3) is 0.533. The van der Waals surface area contributed by atoms with Crippen LogP contribution in [0.4, 0.5) is 0 Å². The summed E-state index contributed by atoms with van der Waals surface area (Å²) in [6.07, 6.45) is 6.56. The van der Waals surface area contributed by atoms with Crippen LogP contribution in [0, 0.1) is 3.57 Å². The number of esters is 1. The van der Waals surface area contributed by atoms with E-state index in [1.54, 1.807) is 0 Å². The zero-order valence-electron chi connectivity index (χ0n) is 10.7. The Morgan fingerprint density at radius 1 is 1.39 bits per heavy atom. The van der Waals surface area contributed by atoms with Crippen molar-refractivity contribution in [1.82, 2.24) is 0 Å². The Bertz CT molecular complexity index is 423. The molecular weight excluding hydrogens is 339 g/mol. The molecule has 2 nitrogen and oxygen atoms in total. The van der Waals surface area contributed by atoms with Crippen LogP contribution in [0.2, 0.25) is 0 Å². The number of benzene rings is 1. The van der Waals surface area contributed by atoms with E-state index >= 15 is 0 Å². The minimum absolute atomic E-state index is 0.119. The summed E-state index contributed by atoms with van der Waals surface area (Å²) in [5.41, 5.74) is 2.82. The molecule has 0 unspecified atom stereocenters. The minimum Gasteiger partial charge on any atom is -0.469 e. The van der Waals surface area contributed by atoms with Crippen molar-refractivity contribution < 1.29 is 9.53 Å². The molecule has 0 bridgehead atoms. The van der Waals surface area contributed by atoms with Gasteiger partial charge < -0.3 is 4.74 Å². The molecule has 1 aromatic carbocycles. The molecule has 0 aromatic heterocycles. The van der Waals surface area contributed by atoms with Crippen LogP contribution in [0.5, 0.6) is 0 Å². The highest BCUT2D eigenvalue weighted by Gasteiger charge is 2.22. The Balaban J connectivity index is 2.17. The number of ether oxygens (including phenoxy) is 1. The second-order valence-corrected chi connectivity index (χ2v) is 6.03. The molecule has 0 atom stereocenters. The number of methoxy groups -OCH3 is 1. The lowest BCUT2D eigenvalue weighted by Gasteiger charge is -2.17. The monoisotopic (exact) mass is 358 g/mol. The van der Waals surface area contributed by atoms with Gasteiger partial charge in [-0.15, -0.1) is 0 Å². The van der Waals surface area contributed by atoms with Gasteiger partial charge in [-0.05, 0) is 65.0 Å². The van der Waals surface area contributed by atoms with Crippen LogP contribution < -0.4 is 0 Å². The molecule has 0 aliphatic heterocycles. The van der Waals surface area contributed by atoms with E-state index in [0.29, 0.717) is 12.3 Å². The number of carbonyl (C=O) groups is 1. The van der Waals surface area contributed by atoms with Crippen LogP contribution in [0.3, 0.4) is 0 Å². The molecule has 0 amide bonds. The first-order valence-corrected chi connectivity index (χ1v) is 7.64. The predicted molar refractivity (Wildman–Crippen MR) is 80.7 cm³/mol. The number of hydrogen-bond acceptors (Lipinski definition) is 2. The molecule has 1 aromatic rings. The number of rotatable bonds is 4. The highest BCUT2D eigenvalue weighted by atomic mass is 127. The van der Waals surface area contributed by atoms with Gasteiger partial charge in [0.25, 0.3) is 0 Å². The van der Waals surface area contributed by atoms with Crippen molar-refractivity contribution in [1.29, 1.82) is 0 Å². The lowest BCUT2D eigenvalue weighted by Crippen LogP contribution is -2.06. The average Bonchev–Trinajstić information content (AvgIpc) is 2.89. The third-order valence-corrected chi connectivity index (χ3v) is 4.67. The summed E-state index contributed by atoms with van der Waals surface area (Å²) in [5, 5.41) is 0. The quantitative estimate of drug-likeness (QED) is 0.600. The molecule has 0 N–H and O–H groups in total. The van der Waals surface area contributed by atoms with Crippen molar-refractivity contribution in [3.8, 4) is 0 Å². The van der Waals surface area contributed by atoms with E-state index in [1.807, 2.05) is 0 Å². The Labute approximate surface area is 122 Å². The van der Waals surface area contributed by atoms with E-state index in [0.717, 1.165) is 6.42 Å². The Hall–Kier alpha value is -0.580. The number of carbonyl (C=O) groups excluding carboxylic acids is 1. The summed E-state index contributed by atoms with van der Waals surface area (Å²) < 4.78 is 6.08. The molecule has 18 heavy (non-hydrogen) atoms. The fourth-order valence-electron chi connectivity index (χ4n) is 2.81. The smallest absolute Gasteiger partial charge is 0.305 e. The molecule has 1 fully saturated rings. The average molecular weight is 358 g/mol. The van der Waals surface area contributed by atoms with Gasteiger partial charge in [-0.25, -0.2) is 0 Å². The maximum absolute atomic E-state index is 11.3. The molecule has 1 aliphatic carbocycles. The number of halogens is 1. The molecule has 0 radical (unpaired) electrons. The predicted octanol–water partition coefficient (Wildman–Crippen LogP) is 4.05. The van der Waals surface area contributed by atoms with E-state index in [2.05, 4.69) is 40.8 Å². The SMILES string of the molecule is COC(=O)CCc1cccc(I)c1C1CCCC1. The van der Waals surface area contributed by atoms with E-state index in [4.69, 9.17) is 4.74 Å². The normalized spacial score (nSPS) is 15.9. The maximum Gasteiger partial charge on any atom is 0.305 e. The van der Waals surface area contributed by atoms with Crippen molar-refractivity contribution in [2.75, 3.05) is 7.11 Å². The molecule has 2 rings (SSSR count). The summed E-state index contributed by atoms with van der Waals surface area (Å²) in [6, 6.07) is 6.43. The van der Waals surface area contributed by atoms with Crippen LogP contribution in [-0.4, -0.2) is 13.1 Å².